The van der Waals surface area contributed by atoms with Gasteiger partial charge in [0.2, 0.25) is 0 Å². The molecule has 1 aromatic rings. The highest BCUT2D eigenvalue weighted by Crippen LogP contribution is 2.31. The van der Waals surface area contributed by atoms with Crippen molar-refractivity contribution in [2.45, 2.75) is 0 Å². The van der Waals surface area contributed by atoms with Crippen LogP contribution in [0.1, 0.15) is 10.4 Å². The summed E-state index contributed by atoms with van der Waals surface area (Å²) in [6, 6.07) is 0.689. The number of ether oxygens (including phenoxy) is 1. The Morgan fingerprint density at radius 1 is 1.57 bits per heavy atom. The largest absolute Gasteiger partial charge is 0.493 e. The zero-order chi connectivity index (χ0) is 10.9. The zero-order valence-electron chi connectivity index (χ0n) is 6.97. The number of carboxylic acid groups (broad SMARTS) is 1. The standard InChI is InChI=1S/C8H5BrF2O3/c1-14-7-3(8(12)13)2-4(10)5(9)6(7)11/h2H,1H3,(H,12,13). The Kier molecular flexibility index (Phi) is 3.05. The lowest BCUT2D eigenvalue weighted by Gasteiger charge is -2.07. The fourth-order valence-electron chi connectivity index (χ4n) is 0.937. The number of carbonyl (C=O) groups is 1. The van der Waals surface area contributed by atoms with Crippen molar-refractivity contribution < 1.29 is 23.4 Å². The normalized spacial score (nSPS) is 10.0. The van der Waals surface area contributed by atoms with Crippen molar-refractivity contribution in [2.75, 3.05) is 7.11 Å². The minimum atomic E-state index is -1.45. The van der Waals surface area contributed by atoms with Gasteiger partial charge in [0.15, 0.2) is 11.6 Å². The number of rotatable bonds is 2. The predicted octanol–water partition coefficient (Wildman–Crippen LogP) is 2.43. The van der Waals surface area contributed by atoms with Crippen LogP contribution in [0.15, 0.2) is 10.5 Å². The molecule has 14 heavy (non-hydrogen) atoms. The number of hydrogen-bond acceptors (Lipinski definition) is 2. The Morgan fingerprint density at radius 2 is 2.14 bits per heavy atom. The average molecular weight is 267 g/mol. The predicted molar refractivity (Wildman–Crippen MR) is 47.6 cm³/mol. The highest BCUT2D eigenvalue weighted by atomic mass is 79.9. The van der Waals surface area contributed by atoms with Crippen molar-refractivity contribution in [1.29, 1.82) is 0 Å². The van der Waals surface area contributed by atoms with Crippen molar-refractivity contribution in [1.82, 2.24) is 0 Å². The zero-order valence-corrected chi connectivity index (χ0v) is 8.56. The molecule has 76 valence electrons. The van der Waals surface area contributed by atoms with Gasteiger partial charge in [0.05, 0.1) is 11.6 Å². The Morgan fingerprint density at radius 3 is 2.57 bits per heavy atom. The first-order chi connectivity index (χ1) is 6.49. The maximum Gasteiger partial charge on any atom is 0.339 e. The highest BCUT2D eigenvalue weighted by molar-refractivity contribution is 9.10. The molecule has 1 aromatic carbocycles. The molecule has 0 bridgehead atoms. The van der Waals surface area contributed by atoms with Crippen LogP contribution in [0.25, 0.3) is 0 Å². The SMILES string of the molecule is COc1c(C(=O)O)cc(F)c(Br)c1F. The van der Waals surface area contributed by atoms with E-state index in [0.717, 1.165) is 7.11 Å². The number of aromatic carboxylic acids is 1. The van der Waals surface area contributed by atoms with Crippen LogP contribution in [0, 0.1) is 11.6 Å². The number of methoxy groups -OCH3 is 1. The number of halogens is 3. The summed E-state index contributed by atoms with van der Waals surface area (Å²) >= 11 is 2.63. The maximum atomic E-state index is 13.2. The van der Waals surface area contributed by atoms with Gasteiger partial charge < -0.3 is 9.84 Å². The van der Waals surface area contributed by atoms with Gasteiger partial charge in [0.25, 0.3) is 0 Å². The molecule has 0 amide bonds. The lowest BCUT2D eigenvalue weighted by molar-refractivity contribution is 0.0691. The van der Waals surface area contributed by atoms with E-state index in [9.17, 15) is 13.6 Å². The average Bonchev–Trinajstić information content (AvgIpc) is 2.13. The van der Waals surface area contributed by atoms with E-state index in [1.807, 2.05) is 0 Å². The van der Waals surface area contributed by atoms with Crippen molar-refractivity contribution in [3.05, 3.63) is 27.7 Å². The second kappa shape index (κ2) is 3.91. The molecule has 0 heterocycles. The topological polar surface area (TPSA) is 46.5 Å². The molecular formula is C8H5BrF2O3. The lowest BCUT2D eigenvalue weighted by atomic mass is 10.2. The maximum absolute atomic E-state index is 13.2. The minimum Gasteiger partial charge on any atom is -0.493 e. The molecule has 0 aliphatic heterocycles. The molecule has 0 saturated carbocycles. The van der Waals surface area contributed by atoms with Gasteiger partial charge in [-0.3, -0.25) is 0 Å². The van der Waals surface area contributed by atoms with Gasteiger partial charge in [0, 0.05) is 0 Å². The van der Waals surface area contributed by atoms with E-state index in [1.165, 1.54) is 0 Å². The van der Waals surface area contributed by atoms with E-state index in [1.54, 1.807) is 0 Å². The van der Waals surface area contributed by atoms with E-state index < -0.39 is 33.4 Å². The molecule has 0 spiro atoms. The molecule has 0 fully saturated rings. The molecule has 1 N–H and O–H groups in total. The molecule has 0 aliphatic carbocycles. The molecule has 3 nitrogen and oxygen atoms in total. The first-order valence-electron chi connectivity index (χ1n) is 3.43. The van der Waals surface area contributed by atoms with Gasteiger partial charge in [-0.1, -0.05) is 0 Å². The van der Waals surface area contributed by atoms with Gasteiger partial charge in [-0.2, -0.15) is 0 Å². The van der Waals surface area contributed by atoms with Crippen LogP contribution < -0.4 is 4.74 Å². The third-order valence-electron chi connectivity index (χ3n) is 1.55. The molecule has 6 heteroatoms. The van der Waals surface area contributed by atoms with E-state index in [2.05, 4.69) is 20.7 Å². The van der Waals surface area contributed by atoms with Crippen molar-refractivity contribution in [2.24, 2.45) is 0 Å². The molecule has 0 atom stereocenters. The molecule has 0 aromatic heterocycles. The van der Waals surface area contributed by atoms with Gasteiger partial charge in [-0.05, 0) is 22.0 Å². The third-order valence-corrected chi connectivity index (χ3v) is 2.28. The van der Waals surface area contributed by atoms with Gasteiger partial charge in [-0.25, -0.2) is 13.6 Å². The Labute approximate surface area is 86.4 Å². The van der Waals surface area contributed by atoms with Gasteiger partial charge >= 0.3 is 5.97 Å². The number of carboxylic acids is 1. The molecule has 0 unspecified atom stereocenters. The summed E-state index contributed by atoms with van der Waals surface area (Å²) in [5, 5.41) is 8.61. The monoisotopic (exact) mass is 266 g/mol. The Balaban J connectivity index is 3.51. The Hall–Kier alpha value is -1.17. The molecule has 0 radical (unpaired) electrons. The summed E-state index contributed by atoms with van der Waals surface area (Å²) in [7, 11) is 1.11. The summed E-state index contributed by atoms with van der Waals surface area (Å²) in [4.78, 5) is 10.6. The molecule has 0 aliphatic rings. The summed E-state index contributed by atoms with van der Waals surface area (Å²) in [6.07, 6.45) is 0. The molecule has 0 saturated heterocycles. The van der Waals surface area contributed by atoms with E-state index >= 15 is 0 Å². The summed E-state index contributed by atoms with van der Waals surface area (Å²) in [5.41, 5.74) is -0.550. The van der Waals surface area contributed by atoms with E-state index in [4.69, 9.17) is 5.11 Å². The molecule has 1 rings (SSSR count). The highest BCUT2D eigenvalue weighted by Gasteiger charge is 2.21. The number of hydrogen-bond donors (Lipinski definition) is 1. The summed E-state index contributed by atoms with van der Waals surface area (Å²) < 4.78 is 30.2. The fraction of sp³-hybridized carbons (Fsp3) is 0.125. The molecular weight excluding hydrogens is 262 g/mol. The Bertz CT molecular complexity index is 393. The first kappa shape index (κ1) is 10.9. The summed E-state index contributed by atoms with van der Waals surface area (Å²) in [5.74, 6) is -4.00. The van der Waals surface area contributed by atoms with Gasteiger partial charge in [0.1, 0.15) is 11.4 Å². The van der Waals surface area contributed by atoms with Crippen LogP contribution in [0.3, 0.4) is 0 Å². The van der Waals surface area contributed by atoms with Crippen LogP contribution in [0.5, 0.6) is 5.75 Å². The van der Waals surface area contributed by atoms with Crippen LogP contribution in [0.4, 0.5) is 8.78 Å². The van der Waals surface area contributed by atoms with Crippen LogP contribution in [0.2, 0.25) is 0 Å². The van der Waals surface area contributed by atoms with Crippen molar-refractivity contribution in [3.8, 4) is 5.75 Å². The van der Waals surface area contributed by atoms with E-state index in [-0.39, 0.29) is 0 Å². The van der Waals surface area contributed by atoms with Crippen LogP contribution in [-0.4, -0.2) is 18.2 Å². The fourth-order valence-corrected chi connectivity index (χ4v) is 1.23. The quantitative estimate of drug-likeness (QED) is 0.837. The minimum absolute atomic E-state index is 0.445. The van der Waals surface area contributed by atoms with Gasteiger partial charge in [-0.15, -0.1) is 0 Å². The van der Waals surface area contributed by atoms with Crippen molar-refractivity contribution in [3.63, 3.8) is 0 Å². The lowest BCUT2D eigenvalue weighted by Crippen LogP contribution is -2.04. The smallest absolute Gasteiger partial charge is 0.339 e. The van der Waals surface area contributed by atoms with Crippen molar-refractivity contribution >= 4 is 21.9 Å². The second-order valence-electron chi connectivity index (χ2n) is 2.37. The second-order valence-corrected chi connectivity index (χ2v) is 3.17. The van der Waals surface area contributed by atoms with Crippen LogP contribution in [-0.2, 0) is 0 Å². The summed E-state index contributed by atoms with van der Waals surface area (Å²) in [6.45, 7) is 0. The first-order valence-corrected chi connectivity index (χ1v) is 4.23. The number of benzene rings is 1. The van der Waals surface area contributed by atoms with Crippen LogP contribution >= 0.6 is 15.9 Å². The third kappa shape index (κ3) is 1.70. The van der Waals surface area contributed by atoms with E-state index in [0.29, 0.717) is 6.07 Å².